The fourth-order valence-corrected chi connectivity index (χ4v) is 3.93. The van der Waals surface area contributed by atoms with E-state index in [0.29, 0.717) is 20.4 Å². The topological polar surface area (TPSA) is 12.9 Å². The summed E-state index contributed by atoms with van der Waals surface area (Å²) in [5.74, 6) is 0.538. The molecule has 0 aliphatic heterocycles. The van der Waals surface area contributed by atoms with E-state index in [0.717, 1.165) is 5.69 Å². The van der Waals surface area contributed by atoms with Crippen LogP contribution in [0.2, 0.25) is 0 Å². The number of nitrogens with zero attached hydrogens (tertiary/aromatic N) is 1. The van der Waals surface area contributed by atoms with E-state index < -0.39 is 0 Å². The Kier molecular flexibility index (Phi) is 2.66. The Bertz CT molecular complexity index is 355. The molecule has 12 heavy (non-hydrogen) atoms. The molecule has 0 radical (unpaired) electrons. The van der Waals surface area contributed by atoms with Crippen LogP contribution in [-0.4, -0.2) is 19.5 Å². The Morgan fingerprint density at radius 3 is 3.08 bits per heavy atom. The Hall–Kier alpha value is -0.0805. The Morgan fingerprint density at radius 2 is 2.50 bits per heavy atom. The first-order valence-corrected chi connectivity index (χ1v) is 6.70. The van der Waals surface area contributed by atoms with Crippen LogP contribution in [0, 0.1) is 0 Å². The van der Waals surface area contributed by atoms with Gasteiger partial charge in [-0.25, -0.2) is 0 Å². The number of hydrogen-bond acceptors (Lipinski definition) is 2. The molecule has 2 aromatic rings. The summed E-state index contributed by atoms with van der Waals surface area (Å²) in [5, 5.41) is 2.08. The first kappa shape index (κ1) is 8.51. The summed E-state index contributed by atoms with van der Waals surface area (Å²) < 4.78 is 1.22. The van der Waals surface area contributed by atoms with Gasteiger partial charge in [-0.1, -0.05) is 0 Å². The van der Waals surface area contributed by atoms with E-state index in [9.17, 15) is 0 Å². The molecule has 0 bridgehead atoms. The third kappa shape index (κ3) is 1.64. The van der Waals surface area contributed by atoms with Crippen molar-refractivity contribution < 1.29 is 0 Å². The van der Waals surface area contributed by atoms with Crippen LogP contribution in [0.15, 0.2) is 22.5 Å². The zero-order valence-electron chi connectivity index (χ0n) is 6.16. The molecule has 1 nitrogen and oxygen atoms in total. The van der Waals surface area contributed by atoms with Gasteiger partial charge >= 0.3 is 85.9 Å². The predicted octanol–water partition coefficient (Wildman–Crippen LogP) is 2.61. The number of rotatable bonds is 2. The predicted molar refractivity (Wildman–Crippen MR) is 54.0 cm³/mol. The SMILES string of the molecule is ClCc1c[se]c(-c2cccs2)n1. The summed E-state index contributed by atoms with van der Waals surface area (Å²) in [5.41, 5.74) is 1.03. The van der Waals surface area contributed by atoms with E-state index in [-0.39, 0.29) is 0 Å². The van der Waals surface area contributed by atoms with Gasteiger partial charge in [-0.05, 0) is 0 Å². The maximum absolute atomic E-state index is 5.67. The number of halogens is 1. The quantitative estimate of drug-likeness (QED) is 0.599. The van der Waals surface area contributed by atoms with Gasteiger partial charge in [0.15, 0.2) is 0 Å². The molecule has 0 aliphatic rings. The van der Waals surface area contributed by atoms with Gasteiger partial charge < -0.3 is 0 Å². The van der Waals surface area contributed by atoms with Gasteiger partial charge in [0.2, 0.25) is 0 Å². The molecule has 0 amide bonds. The van der Waals surface area contributed by atoms with Crippen molar-refractivity contribution in [2.75, 3.05) is 0 Å². The zero-order chi connectivity index (χ0) is 8.39. The van der Waals surface area contributed by atoms with Crippen molar-refractivity contribution in [1.29, 1.82) is 0 Å². The average molecular weight is 263 g/mol. The molecule has 0 unspecified atom stereocenters. The van der Waals surface area contributed by atoms with E-state index in [2.05, 4.69) is 27.4 Å². The molecule has 0 saturated heterocycles. The minimum absolute atomic E-state index is 0.398. The van der Waals surface area contributed by atoms with E-state index in [1.807, 2.05) is 0 Å². The molecule has 62 valence electrons. The second-order valence-electron chi connectivity index (χ2n) is 2.25. The maximum atomic E-state index is 5.67. The van der Waals surface area contributed by atoms with Crippen molar-refractivity contribution in [2.45, 2.75) is 5.88 Å². The number of aromatic nitrogens is 1. The van der Waals surface area contributed by atoms with Gasteiger partial charge in [0.1, 0.15) is 0 Å². The van der Waals surface area contributed by atoms with Crippen molar-refractivity contribution in [3.05, 3.63) is 28.1 Å². The van der Waals surface area contributed by atoms with Crippen molar-refractivity contribution in [3.8, 4) is 9.44 Å². The molecule has 2 heterocycles. The Labute approximate surface area is 85.8 Å². The Morgan fingerprint density at radius 1 is 1.58 bits per heavy atom. The van der Waals surface area contributed by atoms with Crippen LogP contribution >= 0.6 is 22.9 Å². The van der Waals surface area contributed by atoms with E-state index in [1.165, 1.54) is 9.44 Å². The molecule has 0 atom stereocenters. The molecule has 2 aromatic heterocycles. The van der Waals surface area contributed by atoms with Crippen molar-refractivity contribution >= 4 is 37.4 Å². The van der Waals surface area contributed by atoms with Gasteiger partial charge in [-0.2, -0.15) is 0 Å². The molecule has 0 aromatic carbocycles. The molecule has 0 spiro atoms. The van der Waals surface area contributed by atoms with E-state index in [4.69, 9.17) is 11.6 Å². The number of alkyl halides is 1. The van der Waals surface area contributed by atoms with E-state index in [1.54, 1.807) is 11.3 Å². The van der Waals surface area contributed by atoms with E-state index >= 15 is 0 Å². The molecule has 0 saturated carbocycles. The third-order valence-corrected chi connectivity index (χ3v) is 4.80. The molecule has 0 aliphatic carbocycles. The molecule has 4 heteroatoms. The molecule has 0 N–H and O–H groups in total. The van der Waals surface area contributed by atoms with Crippen molar-refractivity contribution in [3.63, 3.8) is 0 Å². The normalized spacial score (nSPS) is 10.4. The van der Waals surface area contributed by atoms with Crippen molar-refractivity contribution in [2.24, 2.45) is 0 Å². The van der Waals surface area contributed by atoms with Crippen LogP contribution in [0.1, 0.15) is 5.69 Å². The number of thiophene rings is 1. The minimum atomic E-state index is 0.398. The van der Waals surface area contributed by atoms with Gasteiger partial charge in [-0.15, -0.1) is 0 Å². The summed E-state index contributed by atoms with van der Waals surface area (Å²) >= 11 is 7.81. The number of hydrogen-bond donors (Lipinski definition) is 0. The summed E-state index contributed by atoms with van der Waals surface area (Å²) in [6.45, 7) is 0. The summed E-state index contributed by atoms with van der Waals surface area (Å²) in [4.78, 5) is 7.86. The average Bonchev–Trinajstić information content (AvgIpc) is 2.75. The molecular formula is C8H6ClNSSe. The summed E-state index contributed by atoms with van der Waals surface area (Å²) in [6.07, 6.45) is 0. The first-order chi connectivity index (χ1) is 5.90. The standard InChI is InChI=1S/C8H6ClNSSe/c9-4-6-5-12-8(10-6)7-2-1-3-11-7/h1-3,5H,4H2. The fourth-order valence-electron chi connectivity index (χ4n) is 0.882. The van der Waals surface area contributed by atoms with Crippen LogP contribution < -0.4 is 0 Å². The fraction of sp³-hybridized carbons (Fsp3) is 0.125. The van der Waals surface area contributed by atoms with Crippen LogP contribution in [0.25, 0.3) is 9.44 Å². The van der Waals surface area contributed by atoms with Gasteiger partial charge in [0.05, 0.1) is 0 Å². The molecule has 0 fully saturated rings. The summed E-state index contributed by atoms with van der Waals surface area (Å²) in [6, 6.07) is 4.16. The van der Waals surface area contributed by atoms with Gasteiger partial charge in [0, 0.05) is 0 Å². The zero-order valence-corrected chi connectivity index (χ0v) is 9.44. The second kappa shape index (κ2) is 3.75. The van der Waals surface area contributed by atoms with Crippen LogP contribution in [0.4, 0.5) is 0 Å². The third-order valence-electron chi connectivity index (χ3n) is 1.42. The molecule has 2 rings (SSSR count). The van der Waals surface area contributed by atoms with Crippen LogP contribution in [0.3, 0.4) is 0 Å². The first-order valence-electron chi connectivity index (χ1n) is 3.44. The van der Waals surface area contributed by atoms with Crippen LogP contribution in [-0.2, 0) is 5.88 Å². The monoisotopic (exact) mass is 263 g/mol. The Balaban J connectivity index is 2.35. The second-order valence-corrected chi connectivity index (χ2v) is 5.27. The van der Waals surface area contributed by atoms with Gasteiger partial charge in [0.25, 0.3) is 0 Å². The summed E-state index contributed by atoms with van der Waals surface area (Å²) in [7, 11) is 0. The van der Waals surface area contributed by atoms with Crippen LogP contribution in [0.5, 0.6) is 0 Å². The van der Waals surface area contributed by atoms with Gasteiger partial charge in [-0.3, -0.25) is 0 Å². The molecular weight excluding hydrogens is 257 g/mol. The van der Waals surface area contributed by atoms with Crippen molar-refractivity contribution in [1.82, 2.24) is 4.98 Å².